The van der Waals surface area contributed by atoms with Gasteiger partial charge in [-0.3, -0.25) is 4.79 Å². The van der Waals surface area contributed by atoms with Crippen LogP contribution >= 0.6 is 11.6 Å². The van der Waals surface area contributed by atoms with Crippen molar-refractivity contribution in [2.24, 2.45) is 5.92 Å². The molecule has 0 aliphatic carbocycles. The van der Waals surface area contributed by atoms with Crippen LogP contribution in [0.4, 0.5) is 19.1 Å². The molecule has 3 heterocycles. The Bertz CT molecular complexity index is 1110. The number of alkyl halides is 3. The van der Waals surface area contributed by atoms with Crippen molar-refractivity contribution >= 4 is 23.5 Å². The summed E-state index contributed by atoms with van der Waals surface area (Å²) in [5.41, 5.74) is -0.164. The molecule has 174 valence electrons. The van der Waals surface area contributed by atoms with Crippen molar-refractivity contribution in [3.8, 4) is 5.69 Å². The standard InChI is InChI=1S/C21H21ClF3N7O/c1-13-4-3-9-31(17(13)12-28-20-26-10-14(11-27-20)21(23,24)25)19(33)18-15(22)5-2-6-16(18)32-29-7-8-30-32/h2,5-8,10-11,13,17H,3-4,9,12H2,1H3,(H,26,27,28). The first kappa shape index (κ1) is 23.0. The van der Waals surface area contributed by atoms with Gasteiger partial charge in [0.25, 0.3) is 5.91 Å². The Kier molecular flexibility index (Phi) is 6.50. The van der Waals surface area contributed by atoms with Gasteiger partial charge in [0, 0.05) is 25.5 Å². The summed E-state index contributed by atoms with van der Waals surface area (Å²) in [6, 6.07) is 4.83. The van der Waals surface area contributed by atoms with Gasteiger partial charge in [-0.1, -0.05) is 24.6 Å². The summed E-state index contributed by atoms with van der Waals surface area (Å²) in [5, 5.41) is 11.5. The maximum absolute atomic E-state index is 13.6. The fourth-order valence-electron chi connectivity index (χ4n) is 3.95. The number of piperidine rings is 1. The van der Waals surface area contributed by atoms with E-state index in [1.807, 2.05) is 6.92 Å². The number of hydrogen-bond acceptors (Lipinski definition) is 6. The number of nitrogens with one attached hydrogen (secondary N) is 1. The van der Waals surface area contributed by atoms with Crippen LogP contribution in [0.2, 0.25) is 5.02 Å². The van der Waals surface area contributed by atoms with Crippen molar-refractivity contribution in [1.29, 1.82) is 0 Å². The lowest BCUT2D eigenvalue weighted by Crippen LogP contribution is -2.51. The third kappa shape index (κ3) is 4.92. The molecule has 0 spiro atoms. The highest BCUT2D eigenvalue weighted by atomic mass is 35.5. The highest BCUT2D eigenvalue weighted by Gasteiger charge is 2.35. The van der Waals surface area contributed by atoms with Crippen molar-refractivity contribution in [2.45, 2.75) is 32.0 Å². The number of amides is 1. The first-order chi connectivity index (χ1) is 15.8. The van der Waals surface area contributed by atoms with Crippen LogP contribution in [0, 0.1) is 5.92 Å². The van der Waals surface area contributed by atoms with Crippen LogP contribution in [0.15, 0.2) is 43.0 Å². The van der Waals surface area contributed by atoms with E-state index < -0.39 is 11.7 Å². The molecule has 1 aliphatic heterocycles. The Balaban J connectivity index is 1.56. The summed E-state index contributed by atoms with van der Waals surface area (Å²) in [4.78, 5) is 24.2. The molecule has 1 saturated heterocycles. The van der Waals surface area contributed by atoms with E-state index in [1.165, 1.54) is 17.2 Å². The summed E-state index contributed by atoms with van der Waals surface area (Å²) in [6.45, 7) is 2.82. The molecule has 2 aromatic heterocycles. The third-order valence-electron chi connectivity index (χ3n) is 5.66. The van der Waals surface area contributed by atoms with Crippen LogP contribution in [-0.2, 0) is 6.18 Å². The third-order valence-corrected chi connectivity index (χ3v) is 5.98. The van der Waals surface area contributed by atoms with Gasteiger partial charge in [0.1, 0.15) is 0 Å². The molecular formula is C21H21ClF3N7O. The Morgan fingerprint density at radius 3 is 2.58 bits per heavy atom. The van der Waals surface area contributed by atoms with Gasteiger partial charge < -0.3 is 10.2 Å². The summed E-state index contributed by atoms with van der Waals surface area (Å²) in [7, 11) is 0. The van der Waals surface area contributed by atoms with Gasteiger partial charge in [-0.2, -0.15) is 28.2 Å². The maximum Gasteiger partial charge on any atom is 0.419 e. The van der Waals surface area contributed by atoms with Crippen LogP contribution in [0.3, 0.4) is 0 Å². The molecule has 1 aliphatic rings. The van der Waals surface area contributed by atoms with Gasteiger partial charge in [-0.25, -0.2) is 9.97 Å². The smallest absolute Gasteiger partial charge is 0.352 e. The van der Waals surface area contributed by atoms with E-state index in [9.17, 15) is 18.0 Å². The zero-order chi connectivity index (χ0) is 23.6. The lowest BCUT2D eigenvalue weighted by molar-refractivity contribution is -0.138. The summed E-state index contributed by atoms with van der Waals surface area (Å²) in [5.74, 6) is -0.0645. The SMILES string of the molecule is CC1CCCN(C(=O)c2c(Cl)cccc2-n2nccn2)C1CNc1ncc(C(F)(F)F)cn1. The molecule has 8 nitrogen and oxygen atoms in total. The van der Waals surface area contributed by atoms with Gasteiger partial charge in [-0.05, 0) is 30.9 Å². The molecule has 2 unspecified atom stereocenters. The zero-order valence-corrected chi connectivity index (χ0v) is 18.4. The number of benzene rings is 1. The van der Waals surface area contributed by atoms with E-state index in [-0.39, 0.29) is 35.4 Å². The Morgan fingerprint density at radius 1 is 1.21 bits per heavy atom. The molecule has 12 heteroatoms. The van der Waals surface area contributed by atoms with Crippen LogP contribution < -0.4 is 5.32 Å². The number of carbonyl (C=O) groups is 1. The van der Waals surface area contributed by atoms with E-state index >= 15 is 0 Å². The number of hydrogen-bond donors (Lipinski definition) is 1. The van der Waals surface area contributed by atoms with E-state index in [1.54, 1.807) is 23.1 Å². The zero-order valence-electron chi connectivity index (χ0n) is 17.6. The molecule has 0 bridgehead atoms. The Morgan fingerprint density at radius 2 is 1.91 bits per heavy atom. The largest absolute Gasteiger partial charge is 0.419 e. The fourth-order valence-corrected chi connectivity index (χ4v) is 4.20. The second-order valence-corrected chi connectivity index (χ2v) is 8.22. The summed E-state index contributed by atoms with van der Waals surface area (Å²) in [6.07, 6.45) is 1.70. The highest BCUT2D eigenvalue weighted by Crippen LogP contribution is 2.30. The minimum absolute atomic E-state index is 0.0624. The molecule has 4 rings (SSSR count). The van der Waals surface area contributed by atoms with Crippen molar-refractivity contribution in [2.75, 3.05) is 18.4 Å². The number of likely N-dealkylation sites (tertiary alicyclic amines) is 1. The molecular weight excluding hydrogens is 459 g/mol. The van der Waals surface area contributed by atoms with Gasteiger partial charge in [-0.15, -0.1) is 0 Å². The average molecular weight is 480 g/mol. The van der Waals surface area contributed by atoms with Gasteiger partial charge in [0.2, 0.25) is 5.95 Å². The lowest BCUT2D eigenvalue weighted by atomic mass is 9.90. The second kappa shape index (κ2) is 9.34. The first-order valence-electron chi connectivity index (χ1n) is 10.3. The molecule has 3 aromatic rings. The highest BCUT2D eigenvalue weighted by molar-refractivity contribution is 6.34. The van der Waals surface area contributed by atoms with Crippen molar-refractivity contribution in [1.82, 2.24) is 29.9 Å². The monoisotopic (exact) mass is 479 g/mol. The lowest BCUT2D eigenvalue weighted by Gasteiger charge is -2.40. The number of rotatable bonds is 5. The van der Waals surface area contributed by atoms with Gasteiger partial charge in [0.15, 0.2) is 0 Å². The summed E-state index contributed by atoms with van der Waals surface area (Å²) < 4.78 is 38.2. The van der Waals surface area contributed by atoms with E-state index in [0.717, 1.165) is 25.2 Å². The van der Waals surface area contributed by atoms with Crippen LogP contribution in [0.5, 0.6) is 0 Å². The van der Waals surface area contributed by atoms with Gasteiger partial charge >= 0.3 is 6.18 Å². The normalized spacial score (nSPS) is 18.9. The average Bonchev–Trinajstić information content (AvgIpc) is 3.32. The Labute approximate surface area is 192 Å². The predicted octanol–water partition coefficient (Wildman–Crippen LogP) is 4.08. The predicted molar refractivity (Wildman–Crippen MR) is 115 cm³/mol. The molecule has 2 atom stereocenters. The van der Waals surface area contributed by atoms with Crippen LogP contribution in [0.1, 0.15) is 35.7 Å². The number of nitrogens with zero attached hydrogens (tertiary/aromatic N) is 6. The molecule has 0 saturated carbocycles. The molecule has 33 heavy (non-hydrogen) atoms. The molecule has 0 radical (unpaired) electrons. The van der Waals surface area contributed by atoms with Crippen molar-refractivity contribution in [3.05, 3.63) is 59.1 Å². The quantitative estimate of drug-likeness (QED) is 0.593. The topological polar surface area (TPSA) is 88.8 Å². The van der Waals surface area contributed by atoms with E-state index in [4.69, 9.17) is 11.6 Å². The fraction of sp³-hybridized carbons (Fsp3) is 0.381. The van der Waals surface area contributed by atoms with Gasteiger partial charge in [0.05, 0.1) is 40.3 Å². The van der Waals surface area contributed by atoms with Crippen molar-refractivity contribution in [3.63, 3.8) is 0 Å². The Hall–Kier alpha value is -3.21. The molecule has 1 amide bonds. The number of anilines is 1. The second-order valence-electron chi connectivity index (χ2n) is 7.81. The van der Waals surface area contributed by atoms with Crippen LogP contribution in [-0.4, -0.2) is 54.9 Å². The van der Waals surface area contributed by atoms with Crippen LogP contribution in [0.25, 0.3) is 5.69 Å². The van der Waals surface area contributed by atoms with E-state index in [0.29, 0.717) is 17.8 Å². The first-order valence-corrected chi connectivity index (χ1v) is 10.7. The van der Waals surface area contributed by atoms with Crippen molar-refractivity contribution < 1.29 is 18.0 Å². The minimum atomic E-state index is -4.50. The molecule has 1 aromatic carbocycles. The number of halogens is 4. The molecule has 1 fully saturated rings. The number of carbonyl (C=O) groups excluding carboxylic acids is 1. The van der Waals surface area contributed by atoms with E-state index in [2.05, 4.69) is 25.5 Å². The molecule has 1 N–H and O–H groups in total. The maximum atomic E-state index is 13.6. The number of aromatic nitrogens is 5. The summed E-state index contributed by atoms with van der Waals surface area (Å²) >= 11 is 6.43. The minimum Gasteiger partial charge on any atom is -0.352 e.